The maximum absolute atomic E-state index is 5.62. The Labute approximate surface area is 86.0 Å². The molecule has 0 spiro atoms. The minimum absolute atomic E-state index is 0.00206. The Morgan fingerprint density at radius 2 is 2.14 bits per heavy atom. The summed E-state index contributed by atoms with van der Waals surface area (Å²) in [6, 6.07) is 0. The zero-order valence-electron chi connectivity index (χ0n) is 9.34. The summed E-state index contributed by atoms with van der Waals surface area (Å²) in [5, 5.41) is 0. The Bertz CT molecular complexity index is 249. The highest BCUT2D eigenvalue weighted by Gasteiger charge is 2.23. The first-order chi connectivity index (χ1) is 6.55. The van der Waals surface area contributed by atoms with Crippen molar-refractivity contribution in [2.24, 2.45) is 16.1 Å². The molecule has 0 radical (unpaired) electrons. The van der Waals surface area contributed by atoms with Crippen LogP contribution in [0.25, 0.3) is 0 Å². The van der Waals surface area contributed by atoms with E-state index in [0.717, 1.165) is 37.5 Å². The minimum Gasteiger partial charge on any atom is -0.478 e. The predicted octanol–water partition coefficient (Wildman–Crippen LogP) is 2.08. The number of nitrogens with zero attached hydrogens (tertiary/aromatic N) is 1. The lowest BCUT2D eigenvalue weighted by Gasteiger charge is -2.23. The number of ether oxygens (including phenoxy) is 1. The highest BCUT2D eigenvalue weighted by atomic mass is 16.5. The first-order valence-electron chi connectivity index (χ1n) is 5.15. The van der Waals surface area contributed by atoms with Crippen LogP contribution < -0.4 is 5.73 Å². The van der Waals surface area contributed by atoms with Crippen LogP contribution in [0.5, 0.6) is 0 Å². The Kier molecular flexibility index (Phi) is 3.55. The first-order valence-corrected chi connectivity index (χ1v) is 5.15. The van der Waals surface area contributed by atoms with E-state index in [0.29, 0.717) is 0 Å². The number of hydrogen-bond acceptors (Lipinski definition) is 3. The fourth-order valence-corrected chi connectivity index (χ4v) is 1.41. The molecule has 0 saturated carbocycles. The van der Waals surface area contributed by atoms with Gasteiger partial charge in [-0.3, -0.25) is 4.99 Å². The molecular weight excluding hydrogens is 176 g/mol. The van der Waals surface area contributed by atoms with Crippen molar-refractivity contribution in [3.8, 4) is 0 Å². The van der Waals surface area contributed by atoms with Crippen molar-refractivity contribution in [2.45, 2.75) is 33.6 Å². The molecule has 3 heteroatoms. The van der Waals surface area contributed by atoms with Gasteiger partial charge in [-0.25, -0.2) is 0 Å². The van der Waals surface area contributed by atoms with Crippen molar-refractivity contribution in [1.82, 2.24) is 0 Å². The molecule has 14 heavy (non-hydrogen) atoms. The van der Waals surface area contributed by atoms with E-state index in [1.54, 1.807) is 6.20 Å². The molecule has 1 aliphatic rings. The predicted molar refractivity (Wildman–Crippen MR) is 59.2 cm³/mol. The van der Waals surface area contributed by atoms with Gasteiger partial charge in [0, 0.05) is 18.3 Å². The lowest BCUT2D eigenvalue weighted by molar-refractivity contribution is 0.297. The Morgan fingerprint density at radius 1 is 1.43 bits per heavy atom. The minimum atomic E-state index is -0.00206. The fraction of sp³-hybridized carbons (Fsp3) is 0.727. The third-order valence-electron chi connectivity index (χ3n) is 2.25. The summed E-state index contributed by atoms with van der Waals surface area (Å²) in [5.41, 5.74) is 6.62. The first kappa shape index (κ1) is 11.1. The van der Waals surface area contributed by atoms with Crippen molar-refractivity contribution in [3.63, 3.8) is 0 Å². The van der Waals surface area contributed by atoms with Crippen molar-refractivity contribution in [1.29, 1.82) is 0 Å². The molecule has 0 aliphatic carbocycles. The average molecular weight is 196 g/mol. The van der Waals surface area contributed by atoms with Crippen LogP contribution in [0.15, 0.2) is 16.8 Å². The lowest BCUT2D eigenvalue weighted by atomic mass is 9.87. The fourth-order valence-electron chi connectivity index (χ4n) is 1.41. The van der Waals surface area contributed by atoms with Crippen molar-refractivity contribution < 1.29 is 4.74 Å². The van der Waals surface area contributed by atoms with Crippen LogP contribution in [0.1, 0.15) is 33.6 Å². The molecule has 1 heterocycles. The second-order valence-electron chi connectivity index (χ2n) is 4.57. The summed E-state index contributed by atoms with van der Waals surface area (Å²) >= 11 is 0. The molecule has 0 atom stereocenters. The molecule has 80 valence electrons. The zero-order valence-corrected chi connectivity index (χ0v) is 9.34. The van der Waals surface area contributed by atoms with Crippen LogP contribution in [0.2, 0.25) is 0 Å². The van der Waals surface area contributed by atoms with Gasteiger partial charge in [0.15, 0.2) is 0 Å². The third-order valence-corrected chi connectivity index (χ3v) is 2.25. The largest absolute Gasteiger partial charge is 0.478 e. The van der Waals surface area contributed by atoms with Crippen LogP contribution in [-0.2, 0) is 4.74 Å². The van der Waals surface area contributed by atoms with Crippen LogP contribution in [0, 0.1) is 5.41 Å². The molecule has 1 rings (SSSR count). The van der Waals surface area contributed by atoms with Gasteiger partial charge in [-0.1, -0.05) is 20.8 Å². The molecule has 0 fully saturated rings. The summed E-state index contributed by atoms with van der Waals surface area (Å²) < 4.78 is 5.58. The van der Waals surface area contributed by atoms with Crippen molar-refractivity contribution in [2.75, 3.05) is 13.2 Å². The van der Waals surface area contributed by atoms with E-state index in [-0.39, 0.29) is 5.41 Å². The van der Waals surface area contributed by atoms with E-state index in [1.165, 1.54) is 0 Å². The third kappa shape index (κ3) is 2.76. The van der Waals surface area contributed by atoms with E-state index in [1.807, 2.05) is 0 Å². The summed E-state index contributed by atoms with van der Waals surface area (Å²) in [5.74, 6) is 0.734. The summed E-state index contributed by atoms with van der Waals surface area (Å²) in [7, 11) is 0. The van der Waals surface area contributed by atoms with E-state index in [2.05, 4.69) is 25.8 Å². The van der Waals surface area contributed by atoms with Crippen LogP contribution in [0.3, 0.4) is 0 Å². The van der Waals surface area contributed by atoms with Gasteiger partial charge in [-0.05, 0) is 18.3 Å². The summed E-state index contributed by atoms with van der Waals surface area (Å²) in [6.45, 7) is 7.95. The Balaban J connectivity index is 2.84. The molecular formula is C11H20N2O. The van der Waals surface area contributed by atoms with Crippen LogP contribution in [-0.4, -0.2) is 19.0 Å². The van der Waals surface area contributed by atoms with Gasteiger partial charge in [-0.2, -0.15) is 0 Å². The van der Waals surface area contributed by atoms with Crippen LogP contribution >= 0.6 is 0 Å². The van der Waals surface area contributed by atoms with Crippen LogP contribution in [0.4, 0.5) is 0 Å². The molecule has 3 nitrogen and oxygen atoms in total. The monoisotopic (exact) mass is 196 g/mol. The molecule has 1 aliphatic heterocycles. The molecule has 2 N–H and O–H groups in total. The normalized spacial score (nSPS) is 19.6. The second kappa shape index (κ2) is 4.49. The summed E-state index contributed by atoms with van der Waals surface area (Å²) in [6.07, 6.45) is 3.80. The Hall–Kier alpha value is -0.990. The molecule has 0 unspecified atom stereocenters. The van der Waals surface area contributed by atoms with Gasteiger partial charge in [0.2, 0.25) is 5.90 Å². The van der Waals surface area contributed by atoms with E-state index >= 15 is 0 Å². The van der Waals surface area contributed by atoms with Crippen molar-refractivity contribution in [3.05, 3.63) is 11.8 Å². The number of aliphatic imine (C=N–C) groups is 1. The van der Waals surface area contributed by atoms with Gasteiger partial charge in [0.05, 0.1) is 6.61 Å². The van der Waals surface area contributed by atoms with E-state index < -0.39 is 0 Å². The molecule has 0 bridgehead atoms. The SMILES string of the molecule is CC(C)(C)/C(=C/N)C1=NCCCCO1. The number of nitrogens with two attached hydrogens (primary N) is 1. The van der Waals surface area contributed by atoms with Gasteiger partial charge in [0.1, 0.15) is 0 Å². The second-order valence-corrected chi connectivity index (χ2v) is 4.57. The van der Waals surface area contributed by atoms with E-state index in [4.69, 9.17) is 10.5 Å². The molecule has 0 aromatic heterocycles. The van der Waals surface area contributed by atoms with Crippen molar-refractivity contribution >= 4 is 5.90 Å². The summed E-state index contributed by atoms with van der Waals surface area (Å²) in [4.78, 5) is 4.41. The highest BCUT2D eigenvalue weighted by Crippen LogP contribution is 2.26. The number of hydrogen-bond donors (Lipinski definition) is 1. The average Bonchev–Trinajstić information content (AvgIpc) is 2.31. The molecule has 0 saturated heterocycles. The topological polar surface area (TPSA) is 47.6 Å². The lowest BCUT2D eigenvalue weighted by Crippen LogP contribution is -2.21. The standard InChI is InChI=1S/C11H20N2O/c1-11(2,3)9(8-12)10-13-6-4-5-7-14-10/h8H,4-7,12H2,1-3H3/b9-8+. The highest BCUT2D eigenvalue weighted by molar-refractivity contribution is 5.94. The molecule has 0 aromatic rings. The maximum Gasteiger partial charge on any atom is 0.213 e. The van der Waals surface area contributed by atoms with Gasteiger partial charge in [-0.15, -0.1) is 0 Å². The van der Waals surface area contributed by atoms with E-state index in [9.17, 15) is 0 Å². The Morgan fingerprint density at radius 3 is 2.71 bits per heavy atom. The maximum atomic E-state index is 5.62. The zero-order chi connectivity index (χ0) is 10.6. The van der Waals surface area contributed by atoms with Gasteiger partial charge in [0.25, 0.3) is 0 Å². The molecule has 0 amide bonds. The molecule has 0 aromatic carbocycles. The smallest absolute Gasteiger partial charge is 0.213 e. The van der Waals surface area contributed by atoms with Gasteiger partial charge >= 0.3 is 0 Å². The number of rotatable bonds is 1. The van der Waals surface area contributed by atoms with Gasteiger partial charge < -0.3 is 10.5 Å². The quantitative estimate of drug-likeness (QED) is 0.698.